The van der Waals surface area contributed by atoms with Crippen LogP contribution in [0, 0.1) is 5.92 Å². The summed E-state index contributed by atoms with van der Waals surface area (Å²) in [6.45, 7) is 2.12. The fourth-order valence-electron chi connectivity index (χ4n) is 2.58. The molecule has 1 aromatic carbocycles. The second-order valence-electron chi connectivity index (χ2n) is 6.06. The van der Waals surface area contributed by atoms with Crippen LogP contribution in [0.25, 0.3) is 0 Å². The molecule has 1 aromatic rings. The van der Waals surface area contributed by atoms with E-state index in [0.29, 0.717) is 19.1 Å². The Morgan fingerprint density at radius 2 is 2.10 bits per heavy atom. The molecule has 0 bridgehead atoms. The molecule has 2 saturated carbocycles. The molecule has 3 rings (SSSR count). The summed E-state index contributed by atoms with van der Waals surface area (Å²) < 4.78 is 0. The molecule has 0 atom stereocenters. The smallest absolute Gasteiger partial charge is 0.238 e. The van der Waals surface area contributed by atoms with Crippen LogP contribution in [0.4, 0.5) is 5.69 Å². The first kappa shape index (κ1) is 13.6. The van der Waals surface area contributed by atoms with E-state index in [9.17, 15) is 4.79 Å². The van der Waals surface area contributed by atoms with Crippen molar-refractivity contribution in [3.05, 3.63) is 29.8 Å². The van der Waals surface area contributed by atoms with E-state index in [1.807, 2.05) is 24.3 Å². The highest BCUT2D eigenvalue weighted by molar-refractivity contribution is 5.92. The van der Waals surface area contributed by atoms with Crippen molar-refractivity contribution in [1.82, 2.24) is 4.90 Å². The van der Waals surface area contributed by atoms with Crippen LogP contribution in [0.2, 0.25) is 0 Å². The summed E-state index contributed by atoms with van der Waals surface area (Å²) in [6.07, 6.45) is 5.18. The molecule has 4 heteroatoms. The topological polar surface area (TPSA) is 58.4 Å². The van der Waals surface area contributed by atoms with E-state index < -0.39 is 0 Å². The van der Waals surface area contributed by atoms with Crippen molar-refractivity contribution in [2.45, 2.75) is 38.3 Å². The highest BCUT2D eigenvalue weighted by Gasteiger charge is 2.34. The third kappa shape index (κ3) is 3.81. The van der Waals surface area contributed by atoms with E-state index in [1.165, 1.54) is 25.7 Å². The van der Waals surface area contributed by atoms with Crippen molar-refractivity contribution in [2.24, 2.45) is 11.7 Å². The molecule has 0 aromatic heterocycles. The fraction of sp³-hybridized carbons (Fsp3) is 0.562. The van der Waals surface area contributed by atoms with Gasteiger partial charge in [0.2, 0.25) is 5.91 Å². The molecule has 0 saturated heterocycles. The van der Waals surface area contributed by atoms with Gasteiger partial charge in [-0.3, -0.25) is 9.69 Å². The number of benzene rings is 1. The molecule has 0 aliphatic heterocycles. The Kier molecular flexibility index (Phi) is 4.03. The molecule has 4 nitrogen and oxygen atoms in total. The highest BCUT2D eigenvalue weighted by atomic mass is 16.2. The zero-order chi connectivity index (χ0) is 13.9. The maximum atomic E-state index is 12.2. The van der Waals surface area contributed by atoms with Crippen LogP contribution in [0.5, 0.6) is 0 Å². The van der Waals surface area contributed by atoms with Crippen LogP contribution >= 0.6 is 0 Å². The predicted octanol–water partition coefficient (Wildman–Crippen LogP) is 1.96. The number of hydrogen-bond acceptors (Lipinski definition) is 3. The molecule has 0 unspecified atom stereocenters. The monoisotopic (exact) mass is 273 g/mol. The first-order valence-corrected chi connectivity index (χ1v) is 7.57. The quantitative estimate of drug-likeness (QED) is 0.798. The van der Waals surface area contributed by atoms with Gasteiger partial charge in [-0.15, -0.1) is 0 Å². The minimum absolute atomic E-state index is 0.0896. The zero-order valence-corrected chi connectivity index (χ0v) is 11.8. The van der Waals surface area contributed by atoms with Gasteiger partial charge in [0.25, 0.3) is 0 Å². The summed E-state index contributed by atoms with van der Waals surface area (Å²) in [5, 5.41) is 2.99. The number of carbonyl (C=O) groups is 1. The van der Waals surface area contributed by atoms with Gasteiger partial charge >= 0.3 is 0 Å². The summed E-state index contributed by atoms with van der Waals surface area (Å²) in [4.78, 5) is 14.5. The molecule has 0 radical (unpaired) electrons. The molecule has 2 fully saturated rings. The van der Waals surface area contributed by atoms with E-state index in [1.54, 1.807) is 0 Å². The lowest BCUT2D eigenvalue weighted by Crippen LogP contribution is -2.36. The zero-order valence-electron chi connectivity index (χ0n) is 11.8. The first-order valence-electron chi connectivity index (χ1n) is 7.57. The highest BCUT2D eigenvalue weighted by Crippen LogP contribution is 2.34. The van der Waals surface area contributed by atoms with Crippen molar-refractivity contribution in [3.63, 3.8) is 0 Å². The summed E-state index contributed by atoms with van der Waals surface area (Å²) in [5.74, 6) is 0.927. The van der Waals surface area contributed by atoms with Crippen molar-refractivity contribution < 1.29 is 4.79 Å². The third-order valence-corrected chi connectivity index (χ3v) is 4.05. The number of rotatable bonds is 7. The van der Waals surface area contributed by atoms with E-state index in [4.69, 9.17) is 5.73 Å². The maximum Gasteiger partial charge on any atom is 0.238 e. The Bertz CT molecular complexity index is 480. The summed E-state index contributed by atoms with van der Waals surface area (Å²) >= 11 is 0. The number of nitrogens with one attached hydrogen (secondary N) is 1. The SMILES string of the molecule is NCc1cccc(NC(=O)CN(CC2CC2)C2CC2)c1. The average molecular weight is 273 g/mol. The number of carbonyl (C=O) groups excluding carboxylic acids is 1. The van der Waals surface area contributed by atoms with Gasteiger partial charge in [0.15, 0.2) is 0 Å². The molecule has 0 spiro atoms. The Morgan fingerprint density at radius 3 is 2.75 bits per heavy atom. The maximum absolute atomic E-state index is 12.2. The van der Waals surface area contributed by atoms with Gasteiger partial charge in [-0.25, -0.2) is 0 Å². The molecule has 108 valence electrons. The van der Waals surface area contributed by atoms with E-state index in [2.05, 4.69) is 10.2 Å². The van der Waals surface area contributed by atoms with E-state index in [-0.39, 0.29) is 5.91 Å². The molecule has 0 heterocycles. The van der Waals surface area contributed by atoms with Gasteiger partial charge in [-0.05, 0) is 49.3 Å². The van der Waals surface area contributed by atoms with Crippen molar-refractivity contribution >= 4 is 11.6 Å². The molecular formula is C16H23N3O. The average Bonchev–Trinajstić information content (AvgIpc) is 3.30. The summed E-state index contributed by atoms with van der Waals surface area (Å²) in [7, 11) is 0. The van der Waals surface area contributed by atoms with Gasteiger partial charge in [-0.2, -0.15) is 0 Å². The standard InChI is InChI=1S/C16H23N3O/c17-9-13-2-1-3-14(8-13)18-16(20)11-19(15-6-7-15)10-12-4-5-12/h1-3,8,12,15H,4-7,9-11,17H2,(H,18,20). The van der Waals surface area contributed by atoms with Crippen LogP contribution < -0.4 is 11.1 Å². The van der Waals surface area contributed by atoms with Crippen LogP contribution in [0.1, 0.15) is 31.2 Å². The Morgan fingerprint density at radius 1 is 1.30 bits per heavy atom. The molecule has 20 heavy (non-hydrogen) atoms. The second-order valence-corrected chi connectivity index (χ2v) is 6.06. The Balaban J connectivity index is 1.54. The molecule has 2 aliphatic rings. The number of amides is 1. The molecule has 1 amide bonds. The second kappa shape index (κ2) is 5.94. The van der Waals surface area contributed by atoms with Crippen LogP contribution in [-0.2, 0) is 11.3 Å². The van der Waals surface area contributed by atoms with E-state index in [0.717, 1.165) is 23.7 Å². The van der Waals surface area contributed by atoms with Gasteiger partial charge in [0.1, 0.15) is 0 Å². The number of nitrogens with zero attached hydrogens (tertiary/aromatic N) is 1. The Hall–Kier alpha value is -1.39. The lowest BCUT2D eigenvalue weighted by atomic mass is 10.2. The third-order valence-electron chi connectivity index (χ3n) is 4.05. The molecule has 2 aliphatic carbocycles. The summed E-state index contributed by atoms with van der Waals surface area (Å²) in [6, 6.07) is 8.41. The minimum Gasteiger partial charge on any atom is -0.326 e. The molecule has 3 N–H and O–H groups in total. The van der Waals surface area contributed by atoms with Crippen molar-refractivity contribution in [1.29, 1.82) is 0 Å². The van der Waals surface area contributed by atoms with Crippen molar-refractivity contribution in [2.75, 3.05) is 18.4 Å². The van der Waals surface area contributed by atoms with E-state index >= 15 is 0 Å². The largest absolute Gasteiger partial charge is 0.326 e. The first-order chi connectivity index (χ1) is 9.74. The fourth-order valence-corrected chi connectivity index (χ4v) is 2.58. The van der Waals surface area contributed by atoms with Gasteiger partial charge in [0.05, 0.1) is 6.54 Å². The van der Waals surface area contributed by atoms with Crippen LogP contribution in [0.3, 0.4) is 0 Å². The van der Waals surface area contributed by atoms with Gasteiger partial charge in [-0.1, -0.05) is 12.1 Å². The molecular weight excluding hydrogens is 250 g/mol. The number of nitrogens with two attached hydrogens (primary N) is 1. The summed E-state index contributed by atoms with van der Waals surface area (Å²) in [5.41, 5.74) is 7.51. The number of anilines is 1. The number of hydrogen-bond donors (Lipinski definition) is 2. The predicted molar refractivity (Wildman–Crippen MR) is 80.3 cm³/mol. The van der Waals surface area contributed by atoms with Crippen LogP contribution in [0.15, 0.2) is 24.3 Å². The minimum atomic E-state index is 0.0896. The lowest BCUT2D eigenvalue weighted by Gasteiger charge is -2.21. The van der Waals surface area contributed by atoms with Gasteiger partial charge in [0, 0.05) is 24.8 Å². The Labute approximate surface area is 120 Å². The normalized spacial score (nSPS) is 18.3. The van der Waals surface area contributed by atoms with Gasteiger partial charge < -0.3 is 11.1 Å². The van der Waals surface area contributed by atoms with Crippen molar-refractivity contribution in [3.8, 4) is 0 Å². The lowest BCUT2D eigenvalue weighted by molar-refractivity contribution is -0.117. The van der Waals surface area contributed by atoms with Crippen LogP contribution in [-0.4, -0.2) is 29.9 Å².